The molecule has 0 bridgehead atoms. The number of hydrogen-bond acceptors (Lipinski definition) is 5. The van der Waals surface area contributed by atoms with Crippen LogP contribution in [0.4, 0.5) is 19.0 Å². The maximum absolute atomic E-state index is 13.7. The Kier molecular flexibility index (Phi) is 5.40. The smallest absolute Gasteiger partial charge is 0.383 e. The summed E-state index contributed by atoms with van der Waals surface area (Å²) in [5.74, 6) is 0.522. The molecule has 3 heterocycles. The SMILES string of the molecule is Nc1ncnc2nc(C3CCCN(CC4CCCCC4)C3)cc(C(F)(F)F)c12. The van der Waals surface area contributed by atoms with Crippen LogP contribution in [-0.4, -0.2) is 39.5 Å². The van der Waals surface area contributed by atoms with Crippen molar-refractivity contribution < 1.29 is 13.2 Å². The van der Waals surface area contributed by atoms with Gasteiger partial charge in [-0.2, -0.15) is 13.2 Å². The van der Waals surface area contributed by atoms with Crippen molar-refractivity contribution in [1.29, 1.82) is 0 Å². The molecule has 2 N–H and O–H groups in total. The molecule has 1 saturated heterocycles. The molecule has 1 unspecified atom stereocenters. The number of nitrogens with two attached hydrogens (primary N) is 1. The number of nitrogen functional groups attached to an aromatic ring is 1. The molecule has 2 aromatic heterocycles. The van der Waals surface area contributed by atoms with Crippen LogP contribution >= 0.6 is 0 Å². The number of piperidine rings is 1. The minimum absolute atomic E-state index is 0.0148. The molecule has 8 heteroatoms. The largest absolute Gasteiger partial charge is 0.417 e. The number of anilines is 1. The molecule has 1 aliphatic carbocycles. The molecule has 0 amide bonds. The third kappa shape index (κ3) is 4.06. The zero-order valence-corrected chi connectivity index (χ0v) is 15.9. The van der Waals surface area contributed by atoms with Gasteiger partial charge >= 0.3 is 6.18 Å². The molecule has 4 rings (SSSR count). The third-order valence-corrected chi connectivity index (χ3v) is 6.12. The monoisotopic (exact) mass is 393 g/mol. The zero-order valence-electron chi connectivity index (χ0n) is 15.9. The first kappa shape index (κ1) is 19.4. The van der Waals surface area contributed by atoms with Crippen LogP contribution in [0.2, 0.25) is 0 Å². The predicted octanol–water partition coefficient (Wildman–Crippen LogP) is 4.39. The van der Waals surface area contributed by atoms with E-state index in [0.29, 0.717) is 5.69 Å². The average Bonchev–Trinajstić information content (AvgIpc) is 2.68. The van der Waals surface area contributed by atoms with Gasteiger partial charge in [0.2, 0.25) is 0 Å². The van der Waals surface area contributed by atoms with Gasteiger partial charge in [0.15, 0.2) is 5.65 Å². The quantitative estimate of drug-likeness (QED) is 0.838. The molecule has 2 fully saturated rings. The van der Waals surface area contributed by atoms with E-state index in [0.717, 1.165) is 44.5 Å². The minimum atomic E-state index is -4.52. The summed E-state index contributed by atoms with van der Waals surface area (Å²) in [4.78, 5) is 14.6. The van der Waals surface area contributed by atoms with E-state index in [2.05, 4.69) is 19.9 Å². The molecule has 1 saturated carbocycles. The first-order valence-corrected chi connectivity index (χ1v) is 10.1. The lowest BCUT2D eigenvalue weighted by atomic mass is 9.87. The number of rotatable bonds is 3. The van der Waals surface area contributed by atoms with Crippen molar-refractivity contribution >= 4 is 16.9 Å². The van der Waals surface area contributed by atoms with Gasteiger partial charge in [-0.3, -0.25) is 0 Å². The summed E-state index contributed by atoms with van der Waals surface area (Å²) < 4.78 is 41.0. The van der Waals surface area contributed by atoms with Gasteiger partial charge in [-0.05, 0) is 44.2 Å². The van der Waals surface area contributed by atoms with Gasteiger partial charge in [-0.15, -0.1) is 0 Å². The van der Waals surface area contributed by atoms with Gasteiger partial charge in [-0.25, -0.2) is 15.0 Å². The van der Waals surface area contributed by atoms with Crippen LogP contribution < -0.4 is 5.73 Å². The molecule has 1 aliphatic heterocycles. The molecule has 0 aromatic carbocycles. The standard InChI is InChI=1S/C20H26F3N5/c21-20(22,23)15-9-16(27-19-17(15)18(24)25-12-26-19)14-7-4-8-28(11-14)10-13-5-2-1-3-6-13/h9,12-14H,1-8,10-11H2,(H2,24,25,26,27). The molecule has 0 radical (unpaired) electrons. The number of halogens is 3. The Balaban J connectivity index is 1.61. The van der Waals surface area contributed by atoms with Crippen LogP contribution in [0.1, 0.15) is 62.1 Å². The average molecular weight is 393 g/mol. The highest BCUT2D eigenvalue weighted by Gasteiger charge is 2.36. The number of aromatic nitrogens is 3. The Morgan fingerprint density at radius 1 is 1.07 bits per heavy atom. The normalized spacial score (nSPS) is 22.6. The molecule has 28 heavy (non-hydrogen) atoms. The topological polar surface area (TPSA) is 67.9 Å². The van der Waals surface area contributed by atoms with Crippen molar-refractivity contribution in [3.8, 4) is 0 Å². The van der Waals surface area contributed by atoms with Crippen molar-refractivity contribution in [3.05, 3.63) is 23.7 Å². The second kappa shape index (κ2) is 7.81. The zero-order chi connectivity index (χ0) is 19.7. The summed E-state index contributed by atoms with van der Waals surface area (Å²) in [5.41, 5.74) is 5.42. The summed E-state index contributed by atoms with van der Waals surface area (Å²) in [6.45, 7) is 2.82. The van der Waals surface area contributed by atoms with Gasteiger partial charge in [0.1, 0.15) is 12.1 Å². The number of likely N-dealkylation sites (tertiary alicyclic amines) is 1. The number of alkyl halides is 3. The maximum Gasteiger partial charge on any atom is 0.417 e. The number of fused-ring (bicyclic) bond motifs is 1. The van der Waals surface area contributed by atoms with Gasteiger partial charge in [0.05, 0.1) is 10.9 Å². The highest BCUT2D eigenvalue weighted by molar-refractivity contribution is 5.89. The van der Waals surface area contributed by atoms with Crippen LogP contribution in [0.3, 0.4) is 0 Å². The fourth-order valence-electron chi connectivity index (χ4n) is 4.74. The maximum atomic E-state index is 13.7. The number of pyridine rings is 1. The van der Waals surface area contributed by atoms with Crippen LogP contribution in [0.25, 0.3) is 11.0 Å². The van der Waals surface area contributed by atoms with E-state index in [1.165, 1.54) is 38.4 Å². The lowest BCUT2D eigenvalue weighted by molar-refractivity contribution is -0.136. The molecule has 2 aromatic rings. The van der Waals surface area contributed by atoms with Gasteiger partial charge in [0, 0.05) is 24.7 Å². The molecule has 0 spiro atoms. The lowest BCUT2D eigenvalue weighted by Gasteiger charge is -2.36. The molecular formula is C20H26F3N5. The number of hydrogen-bond donors (Lipinski definition) is 1. The van der Waals surface area contributed by atoms with Crippen molar-refractivity contribution in [2.45, 2.75) is 57.0 Å². The van der Waals surface area contributed by atoms with Gasteiger partial charge in [0.25, 0.3) is 0 Å². The first-order chi connectivity index (χ1) is 13.4. The van der Waals surface area contributed by atoms with Crippen LogP contribution in [-0.2, 0) is 6.18 Å². The third-order valence-electron chi connectivity index (χ3n) is 6.12. The Labute approximate surface area is 162 Å². The molecule has 1 atom stereocenters. The van der Waals surface area contributed by atoms with E-state index >= 15 is 0 Å². The van der Waals surface area contributed by atoms with Crippen LogP contribution in [0, 0.1) is 5.92 Å². The predicted molar refractivity (Wildman–Crippen MR) is 102 cm³/mol. The highest BCUT2D eigenvalue weighted by atomic mass is 19.4. The Hall–Kier alpha value is -1.96. The van der Waals surface area contributed by atoms with Crippen molar-refractivity contribution in [3.63, 3.8) is 0 Å². The van der Waals surface area contributed by atoms with Crippen molar-refractivity contribution in [1.82, 2.24) is 19.9 Å². The molecule has 2 aliphatic rings. The van der Waals surface area contributed by atoms with E-state index in [-0.39, 0.29) is 22.8 Å². The summed E-state index contributed by atoms with van der Waals surface area (Å²) in [7, 11) is 0. The fraction of sp³-hybridized carbons (Fsp3) is 0.650. The Bertz CT molecular complexity index is 832. The van der Waals surface area contributed by atoms with E-state index in [1.807, 2.05) is 0 Å². The summed E-state index contributed by atoms with van der Waals surface area (Å²) >= 11 is 0. The fourth-order valence-corrected chi connectivity index (χ4v) is 4.74. The van der Waals surface area contributed by atoms with Crippen LogP contribution in [0.5, 0.6) is 0 Å². The summed E-state index contributed by atoms with van der Waals surface area (Å²) in [6, 6.07) is 1.16. The van der Waals surface area contributed by atoms with E-state index < -0.39 is 11.7 Å². The lowest BCUT2D eigenvalue weighted by Crippen LogP contribution is -2.38. The van der Waals surface area contributed by atoms with Crippen molar-refractivity contribution in [2.75, 3.05) is 25.4 Å². The molecule has 152 valence electrons. The van der Waals surface area contributed by atoms with Crippen LogP contribution in [0.15, 0.2) is 12.4 Å². The minimum Gasteiger partial charge on any atom is -0.383 e. The van der Waals surface area contributed by atoms with E-state index in [9.17, 15) is 13.2 Å². The van der Waals surface area contributed by atoms with E-state index in [4.69, 9.17) is 5.73 Å². The second-order valence-corrected chi connectivity index (χ2v) is 8.15. The number of nitrogens with zero attached hydrogens (tertiary/aromatic N) is 4. The Morgan fingerprint density at radius 3 is 2.61 bits per heavy atom. The van der Waals surface area contributed by atoms with Gasteiger partial charge < -0.3 is 10.6 Å². The molecular weight excluding hydrogens is 367 g/mol. The Morgan fingerprint density at radius 2 is 1.86 bits per heavy atom. The first-order valence-electron chi connectivity index (χ1n) is 10.1. The second-order valence-electron chi connectivity index (χ2n) is 8.15. The van der Waals surface area contributed by atoms with Gasteiger partial charge in [-0.1, -0.05) is 19.3 Å². The van der Waals surface area contributed by atoms with Crippen molar-refractivity contribution in [2.24, 2.45) is 5.92 Å². The summed E-state index contributed by atoms with van der Waals surface area (Å²) in [5, 5.41) is -0.200. The molecule has 5 nitrogen and oxygen atoms in total. The highest BCUT2D eigenvalue weighted by Crippen LogP contribution is 2.38. The summed E-state index contributed by atoms with van der Waals surface area (Å²) in [6.07, 6.45) is 4.92. The van der Waals surface area contributed by atoms with E-state index in [1.54, 1.807) is 0 Å².